The van der Waals surface area contributed by atoms with Crippen LogP contribution in [-0.2, 0) is 21.4 Å². The number of hydrogen-bond acceptors (Lipinski definition) is 4. The number of anilines is 1. The molecule has 1 saturated heterocycles. The Labute approximate surface area is 176 Å². The molecular formula is C23H23N3O3S. The lowest BCUT2D eigenvalue weighted by molar-refractivity contribution is -0.120. The summed E-state index contributed by atoms with van der Waals surface area (Å²) in [5.41, 5.74) is 1.83. The molecular weight excluding hydrogens is 398 g/mol. The van der Waals surface area contributed by atoms with Gasteiger partial charge in [-0.25, -0.2) is 8.42 Å². The van der Waals surface area contributed by atoms with Crippen LogP contribution in [0.5, 0.6) is 0 Å². The first-order valence-corrected chi connectivity index (χ1v) is 11.6. The van der Waals surface area contributed by atoms with Crippen LogP contribution in [-0.4, -0.2) is 44.9 Å². The van der Waals surface area contributed by atoms with Crippen molar-refractivity contribution in [2.75, 3.05) is 23.9 Å². The third-order valence-electron chi connectivity index (χ3n) is 5.85. The monoisotopic (exact) mass is 421 g/mol. The van der Waals surface area contributed by atoms with Crippen molar-refractivity contribution in [2.24, 2.45) is 0 Å². The van der Waals surface area contributed by atoms with Crippen molar-refractivity contribution in [3.8, 4) is 0 Å². The van der Waals surface area contributed by atoms with E-state index in [0.717, 1.165) is 31.4 Å². The summed E-state index contributed by atoms with van der Waals surface area (Å²) >= 11 is 0. The second kappa shape index (κ2) is 7.41. The smallest absolute Gasteiger partial charge is 0.265 e. The highest BCUT2D eigenvalue weighted by molar-refractivity contribution is 7.93. The van der Waals surface area contributed by atoms with Crippen LogP contribution in [0.1, 0.15) is 12.0 Å². The molecule has 0 aliphatic carbocycles. The molecule has 0 aromatic heterocycles. The molecule has 5 rings (SSSR count). The molecule has 0 bridgehead atoms. The molecule has 1 N–H and O–H groups in total. The Kier molecular flexibility index (Phi) is 4.72. The van der Waals surface area contributed by atoms with E-state index in [4.69, 9.17) is 0 Å². The molecule has 0 spiro atoms. The van der Waals surface area contributed by atoms with Gasteiger partial charge in [-0.1, -0.05) is 54.6 Å². The number of hydrogen-bond donors (Lipinski definition) is 1. The van der Waals surface area contributed by atoms with E-state index in [-0.39, 0.29) is 23.4 Å². The molecule has 154 valence electrons. The molecule has 3 aromatic carbocycles. The zero-order valence-electron chi connectivity index (χ0n) is 16.5. The first-order chi connectivity index (χ1) is 14.5. The van der Waals surface area contributed by atoms with Gasteiger partial charge in [-0.3, -0.25) is 14.0 Å². The van der Waals surface area contributed by atoms with Gasteiger partial charge in [-0.05, 0) is 29.5 Å². The van der Waals surface area contributed by atoms with E-state index >= 15 is 0 Å². The quantitative estimate of drug-likeness (QED) is 0.688. The van der Waals surface area contributed by atoms with Crippen molar-refractivity contribution in [1.82, 2.24) is 10.2 Å². The molecule has 1 atom stereocenters. The molecule has 2 aliphatic heterocycles. The van der Waals surface area contributed by atoms with Crippen LogP contribution in [0.4, 0.5) is 5.69 Å². The lowest BCUT2D eigenvalue weighted by Gasteiger charge is -2.20. The maximum absolute atomic E-state index is 13.0. The van der Waals surface area contributed by atoms with E-state index < -0.39 is 10.0 Å². The lowest BCUT2D eigenvalue weighted by Crippen LogP contribution is -2.44. The van der Waals surface area contributed by atoms with Crippen molar-refractivity contribution in [2.45, 2.75) is 23.9 Å². The van der Waals surface area contributed by atoms with Crippen LogP contribution in [0.2, 0.25) is 0 Å². The van der Waals surface area contributed by atoms with Gasteiger partial charge in [0.1, 0.15) is 6.54 Å². The maximum atomic E-state index is 13.0. The molecule has 30 heavy (non-hydrogen) atoms. The first kappa shape index (κ1) is 19.1. The Morgan fingerprint density at radius 3 is 2.57 bits per heavy atom. The minimum absolute atomic E-state index is 0.0321. The Bertz CT molecular complexity index is 1210. The lowest BCUT2D eigenvalue weighted by atomic mass is 10.1. The molecule has 1 unspecified atom stereocenters. The standard InChI is InChI=1S/C23H23N3O3S/c27-22(24-19-12-13-25(15-19)14-17-6-2-1-3-7-17)16-26-20-10-4-8-18-9-5-11-21(23(18)20)30(26,28)29/h1-11,19H,12-16H2,(H,24,27). The molecule has 3 aromatic rings. The van der Waals surface area contributed by atoms with Gasteiger partial charge in [-0.2, -0.15) is 0 Å². The van der Waals surface area contributed by atoms with Gasteiger partial charge in [0.2, 0.25) is 5.91 Å². The van der Waals surface area contributed by atoms with Gasteiger partial charge in [-0.15, -0.1) is 0 Å². The minimum atomic E-state index is -3.72. The molecule has 0 radical (unpaired) electrons. The van der Waals surface area contributed by atoms with E-state index in [1.807, 2.05) is 36.4 Å². The highest BCUT2D eigenvalue weighted by atomic mass is 32.2. The van der Waals surface area contributed by atoms with Gasteiger partial charge < -0.3 is 5.32 Å². The normalized spacial score (nSPS) is 20.0. The van der Waals surface area contributed by atoms with E-state index in [2.05, 4.69) is 22.3 Å². The summed E-state index contributed by atoms with van der Waals surface area (Å²) in [5, 5.41) is 4.59. The second-order valence-electron chi connectivity index (χ2n) is 7.92. The molecule has 2 aliphatic rings. The fourth-order valence-corrected chi connectivity index (χ4v) is 6.13. The fraction of sp³-hybridized carbons (Fsp3) is 0.261. The molecule has 1 fully saturated rings. The zero-order chi connectivity index (χ0) is 20.7. The summed E-state index contributed by atoms with van der Waals surface area (Å²) in [7, 11) is -3.72. The van der Waals surface area contributed by atoms with Crippen LogP contribution in [0.25, 0.3) is 10.8 Å². The van der Waals surface area contributed by atoms with E-state index in [1.165, 1.54) is 9.87 Å². The number of nitrogens with one attached hydrogen (secondary N) is 1. The van der Waals surface area contributed by atoms with Crippen molar-refractivity contribution >= 4 is 32.4 Å². The summed E-state index contributed by atoms with van der Waals surface area (Å²) in [4.78, 5) is 15.3. The van der Waals surface area contributed by atoms with Crippen LogP contribution < -0.4 is 9.62 Å². The third kappa shape index (κ3) is 3.34. The minimum Gasteiger partial charge on any atom is -0.350 e. The predicted molar refractivity (Wildman–Crippen MR) is 117 cm³/mol. The van der Waals surface area contributed by atoms with E-state index in [9.17, 15) is 13.2 Å². The van der Waals surface area contributed by atoms with E-state index in [0.29, 0.717) is 11.1 Å². The maximum Gasteiger partial charge on any atom is 0.265 e. The Morgan fingerprint density at radius 2 is 1.77 bits per heavy atom. The number of benzene rings is 3. The Balaban J connectivity index is 1.26. The number of likely N-dealkylation sites (tertiary alicyclic amines) is 1. The summed E-state index contributed by atoms with van der Waals surface area (Å²) in [6, 6.07) is 21.0. The zero-order valence-corrected chi connectivity index (χ0v) is 17.3. The van der Waals surface area contributed by atoms with Gasteiger partial charge in [0.25, 0.3) is 10.0 Å². The Morgan fingerprint density at radius 1 is 1.00 bits per heavy atom. The van der Waals surface area contributed by atoms with Crippen LogP contribution in [0.3, 0.4) is 0 Å². The largest absolute Gasteiger partial charge is 0.350 e. The van der Waals surface area contributed by atoms with Crippen molar-refractivity contribution in [3.05, 3.63) is 72.3 Å². The third-order valence-corrected chi connectivity index (χ3v) is 7.66. The number of amides is 1. The number of carbonyl (C=O) groups excluding carboxylic acids is 1. The molecule has 1 amide bonds. The molecule has 0 saturated carbocycles. The topological polar surface area (TPSA) is 69.7 Å². The van der Waals surface area contributed by atoms with E-state index in [1.54, 1.807) is 18.2 Å². The summed E-state index contributed by atoms with van der Waals surface area (Å²) in [5.74, 6) is -0.269. The van der Waals surface area contributed by atoms with Gasteiger partial charge in [0.15, 0.2) is 0 Å². The summed E-state index contributed by atoms with van der Waals surface area (Å²) in [6.07, 6.45) is 0.862. The average Bonchev–Trinajstić information content (AvgIpc) is 3.26. The average molecular weight is 422 g/mol. The number of nitrogens with zero attached hydrogens (tertiary/aromatic N) is 2. The van der Waals surface area contributed by atoms with Gasteiger partial charge >= 0.3 is 0 Å². The summed E-state index contributed by atoms with van der Waals surface area (Å²) < 4.78 is 27.3. The van der Waals surface area contributed by atoms with Crippen LogP contribution in [0.15, 0.2) is 71.6 Å². The van der Waals surface area contributed by atoms with Gasteiger partial charge in [0, 0.05) is 31.1 Å². The SMILES string of the molecule is O=C(CN1c2cccc3cccc(c23)S1(=O)=O)NC1CCN(Cc2ccccc2)C1. The van der Waals surface area contributed by atoms with Gasteiger partial charge in [0.05, 0.1) is 10.6 Å². The fourth-order valence-electron chi connectivity index (χ4n) is 4.47. The van der Waals surface area contributed by atoms with Crippen molar-refractivity contribution in [3.63, 3.8) is 0 Å². The van der Waals surface area contributed by atoms with Crippen LogP contribution >= 0.6 is 0 Å². The number of rotatable bonds is 5. The highest BCUT2D eigenvalue weighted by Gasteiger charge is 2.37. The molecule has 6 nitrogen and oxygen atoms in total. The predicted octanol–water partition coefficient (Wildman–Crippen LogP) is 2.74. The Hall–Kier alpha value is -2.90. The van der Waals surface area contributed by atoms with Crippen molar-refractivity contribution < 1.29 is 13.2 Å². The second-order valence-corrected chi connectivity index (χ2v) is 9.75. The molecule has 2 heterocycles. The van der Waals surface area contributed by atoms with Crippen LogP contribution in [0, 0.1) is 0 Å². The molecule has 7 heteroatoms. The van der Waals surface area contributed by atoms with Crippen molar-refractivity contribution in [1.29, 1.82) is 0 Å². The highest BCUT2D eigenvalue weighted by Crippen LogP contribution is 2.41. The number of carbonyl (C=O) groups is 1. The number of sulfonamides is 1. The summed E-state index contributed by atoms with van der Waals surface area (Å²) in [6.45, 7) is 2.33. The first-order valence-electron chi connectivity index (χ1n) is 10.1.